The Kier molecular flexibility index (Phi) is 4.13. The van der Waals surface area contributed by atoms with E-state index < -0.39 is 17.9 Å². The lowest BCUT2D eigenvalue weighted by Crippen LogP contribution is -2.28. The maximum absolute atomic E-state index is 12.9. The van der Waals surface area contributed by atoms with Crippen molar-refractivity contribution in [1.82, 2.24) is 24.6 Å². The summed E-state index contributed by atoms with van der Waals surface area (Å²) in [6.07, 6.45) is -1.42. The van der Waals surface area contributed by atoms with Gasteiger partial charge in [-0.1, -0.05) is 0 Å². The van der Waals surface area contributed by atoms with Gasteiger partial charge in [-0.25, -0.2) is 4.98 Å². The lowest BCUT2D eigenvalue weighted by molar-refractivity contribution is -0.141. The number of halogens is 3. The number of alkyl halides is 3. The molecule has 1 unspecified atom stereocenters. The highest BCUT2D eigenvalue weighted by molar-refractivity contribution is 7.09. The number of thiazole rings is 1. The van der Waals surface area contributed by atoms with Crippen molar-refractivity contribution in [3.63, 3.8) is 0 Å². The quantitative estimate of drug-likeness (QED) is 0.731. The Morgan fingerprint density at radius 2 is 2.22 bits per heavy atom. The van der Waals surface area contributed by atoms with Crippen molar-refractivity contribution in [2.45, 2.75) is 18.6 Å². The molecule has 0 saturated heterocycles. The second-order valence-corrected chi connectivity index (χ2v) is 5.66. The summed E-state index contributed by atoms with van der Waals surface area (Å²) in [5.41, 5.74) is 0.572. The number of nitrogens with one attached hydrogen (secondary N) is 1. The largest absolute Gasteiger partial charge is 0.433 e. The van der Waals surface area contributed by atoms with Crippen LogP contribution in [0.5, 0.6) is 0 Å². The molecule has 0 radical (unpaired) electrons. The first-order valence-corrected chi connectivity index (χ1v) is 7.38. The third-order valence-corrected chi connectivity index (χ3v) is 3.85. The predicted octanol–water partition coefficient (Wildman–Crippen LogP) is 1.62. The molecule has 0 aliphatic heterocycles. The molecule has 0 aliphatic rings. The van der Waals surface area contributed by atoms with Crippen LogP contribution in [0.25, 0.3) is 5.78 Å². The van der Waals surface area contributed by atoms with Crippen molar-refractivity contribution in [3.05, 3.63) is 34.7 Å². The molecule has 2 N–H and O–H groups in total. The summed E-state index contributed by atoms with van der Waals surface area (Å²) in [7, 11) is 0. The SMILES string of the molecule is OCC(Cc1cncs1)Nc1cc(C(F)(F)F)nc2ncnn12. The molecule has 11 heteroatoms. The number of aromatic nitrogens is 5. The summed E-state index contributed by atoms with van der Waals surface area (Å²) in [4.78, 5) is 11.9. The summed E-state index contributed by atoms with van der Waals surface area (Å²) in [5, 5.41) is 16.2. The van der Waals surface area contributed by atoms with E-state index in [2.05, 4.69) is 25.4 Å². The van der Waals surface area contributed by atoms with E-state index in [1.54, 1.807) is 11.7 Å². The number of anilines is 1. The molecule has 7 nitrogen and oxygen atoms in total. The highest BCUT2D eigenvalue weighted by Crippen LogP contribution is 2.29. The van der Waals surface area contributed by atoms with E-state index in [1.807, 2.05) is 0 Å². The van der Waals surface area contributed by atoms with Crippen LogP contribution in [0.1, 0.15) is 10.6 Å². The summed E-state index contributed by atoms with van der Waals surface area (Å²) in [6.45, 7) is -0.266. The van der Waals surface area contributed by atoms with Crippen molar-refractivity contribution in [3.8, 4) is 0 Å². The normalized spacial score (nSPS) is 13.4. The lowest BCUT2D eigenvalue weighted by Gasteiger charge is -2.18. The van der Waals surface area contributed by atoms with Gasteiger partial charge < -0.3 is 10.4 Å². The fourth-order valence-electron chi connectivity index (χ4n) is 2.02. The number of aliphatic hydroxyl groups excluding tert-OH is 1. The van der Waals surface area contributed by atoms with Crippen LogP contribution in [0, 0.1) is 0 Å². The number of aliphatic hydroxyl groups is 1. The predicted molar refractivity (Wildman–Crippen MR) is 76.1 cm³/mol. The Balaban J connectivity index is 1.92. The van der Waals surface area contributed by atoms with Crippen molar-refractivity contribution >= 4 is 22.9 Å². The average molecular weight is 344 g/mol. The average Bonchev–Trinajstić information content (AvgIpc) is 3.16. The summed E-state index contributed by atoms with van der Waals surface area (Å²) in [5.74, 6) is -0.111. The Hall–Kier alpha value is -2.27. The molecule has 3 aromatic heterocycles. The molecule has 3 heterocycles. The van der Waals surface area contributed by atoms with Gasteiger partial charge >= 0.3 is 6.18 Å². The standard InChI is InChI=1S/C12H11F3N6OS/c13-12(14,15)9-2-10(21-11(20-9)17-5-18-21)19-7(4-22)1-8-3-16-6-23-8/h2-3,5-7,19,22H,1,4H2. The monoisotopic (exact) mass is 344 g/mol. The third-order valence-electron chi connectivity index (χ3n) is 3.05. The maximum atomic E-state index is 12.9. The smallest absolute Gasteiger partial charge is 0.394 e. The number of rotatable bonds is 5. The van der Waals surface area contributed by atoms with Gasteiger partial charge in [0.15, 0.2) is 5.69 Å². The number of hydrogen-bond acceptors (Lipinski definition) is 7. The van der Waals surface area contributed by atoms with Crippen molar-refractivity contribution in [2.24, 2.45) is 0 Å². The molecule has 1 atom stereocenters. The lowest BCUT2D eigenvalue weighted by atomic mass is 10.2. The van der Waals surface area contributed by atoms with E-state index in [1.165, 1.54) is 11.3 Å². The van der Waals surface area contributed by atoms with Gasteiger partial charge in [0.05, 0.1) is 18.2 Å². The minimum absolute atomic E-state index is 0.0587. The molecular weight excluding hydrogens is 333 g/mol. The minimum atomic E-state index is -4.60. The van der Waals surface area contributed by atoms with Gasteiger partial charge in [0.1, 0.15) is 12.1 Å². The molecule has 3 aromatic rings. The number of hydrogen-bond donors (Lipinski definition) is 2. The Morgan fingerprint density at radius 3 is 2.87 bits per heavy atom. The molecule has 122 valence electrons. The van der Waals surface area contributed by atoms with Crippen molar-refractivity contribution < 1.29 is 18.3 Å². The van der Waals surface area contributed by atoms with Crippen LogP contribution in [0.3, 0.4) is 0 Å². The van der Waals surface area contributed by atoms with Crippen molar-refractivity contribution in [1.29, 1.82) is 0 Å². The van der Waals surface area contributed by atoms with Crippen LogP contribution in [0.2, 0.25) is 0 Å². The fourth-order valence-corrected chi connectivity index (χ4v) is 2.69. The summed E-state index contributed by atoms with van der Waals surface area (Å²) < 4.78 is 39.9. The third kappa shape index (κ3) is 3.40. The summed E-state index contributed by atoms with van der Waals surface area (Å²) >= 11 is 1.40. The molecule has 0 fully saturated rings. The van der Waals surface area contributed by atoms with Gasteiger partial charge in [0.2, 0.25) is 0 Å². The van der Waals surface area contributed by atoms with Gasteiger partial charge in [-0.3, -0.25) is 4.98 Å². The molecule has 0 aliphatic carbocycles. The first kappa shape index (κ1) is 15.6. The van der Waals surface area contributed by atoms with Crippen LogP contribution in [-0.2, 0) is 12.6 Å². The van der Waals surface area contributed by atoms with Crippen LogP contribution in [0.15, 0.2) is 24.1 Å². The summed E-state index contributed by atoms with van der Waals surface area (Å²) in [6, 6.07) is 0.350. The highest BCUT2D eigenvalue weighted by Gasteiger charge is 2.34. The topological polar surface area (TPSA) is 88.2 Å². The molecule has 0 saturated carbocycles. The van der Waals surface area contributed by atoms with Gasteiger partial charge in [-0.05, 0) is 0 Å². The second-order valence-electron chi connectivity index (χ2n) is 4.69. The Labute approximate surface area is 131 Å². The van der Waals surface area contributed by atoms with Crippen molar-refractivity contribution in [2.75, 3.05) is 11.9 Å². The van der Waals surface area contributed by atoms with Crippen LogP contribution >= 0.6 is 11.3 Å². The zero-order valence-electron chi connectivity index (χ0n) is 11.5. The number of fused-ring (bicyclic) bond motifs is 1. The van der Waals surface area contributed by atoms with E-state index in [9.17, 15) is 18.3 Å². The first-order valence-electron chi connectivity index (χ1n) is 6.50. The van der Waals surface area contributed by atoms with E-state index in [0.29, 0.717) is 6.42 Å². The van der Waals surface area contributed by atoms with Gasteiger partial charge in [-0.15, -0.1) is 11.3 Å². The fraction of sp³-hybridized carbons (Fsp3) is 0.333. The molecule has 0 spiro atoms. The zero-order valence-corrected chi connectivity index (χ0v) is 12.3. The van der Waals surface area contributed by atoms with Crippen LogP contribution < -0.4 is 5.32 Å². The maximum Gasteiger partial charge on any atom is 0.433 e. The number of nitrogens with zero attached hydrogens (tertiary/aromatic N) is 5. The molecule has 23 heavy (non-hydrogen) atoms. The highest BCUT2D eigenvalue weighted by atomic mass is 32.1. The van der Waals surface area contributed by atoms with E-state index in [4.69, 9.17) is 0 Å². The van der Waals surface area contributed by atoms with Crippen LogP contribution in [-0.4, -0.2) is 42.3 Å². The van der Waals surface area contributed by atoms with E-state index in [0.717, 1.165) is 21.8 Å². The second kappa shape index (κ2) is 6.08. The molecule has 0 aromatic carbocycles. The van der Waals surface area contributed by atoms with Gasteiger partial charge in [-0.2, -0.15) is 27.8 Å². The molecule has 0 amide bonds. The molecule has 3 rings (SSSR count). The van der Waals surface area contributed by atoms with Crippen LogP contribution in [0.4, 0.5) is 19.0 Å². The molecule has 0 bridgehead atoms. The zero-order chi connectivity index (χ0) is 16.4. The van der Waals surface area contributed by atoms with E-state index in [-0.39, 0.29) is 18.2 Å². The minimum Gasteiger partial charge on any atom is -0.394 e. The first-order chi connectivity index (χ1) is 11.0. The van der Waals surface area contributed by atoms with Gasteiger partial charge in [0, 0.05) is 23.6 Å². The Morgan fingerprint density at radius 1 is 1.39 bits per heavy atom. The Bertz CT molecular complexity index is 788. The van der Waals surface area contributed by atoms with Gasteiger partial charge in [0.25, 0.3) is 5.78 Å². The van der Waals surface area contributed by atoms with E-state index >= 15 is 0 Å². The molecular formula is C12H11F3N6OS.